The van der Waals surface area contributed by atoms with Gasteiger partial charge in [-0.2, -0.15) is 0 Å². The van der Waals surface area contributed by atoms with Crippen molar-refractivity contribution in [1.82, 2.24) is 9.97 Å². The van der Waals surface area contributed by atoms with Crippen molar-refractivity contribution in [2.75, 3.05) is 5.32 Å². The molecule has 1 amide bonds. The van der Waals surface area contributed by atoms with Gasteiger partial charge in [0.15, 0.2) is 0 Å². The van der Waals surface area contributed by atoms with Crippen LogP contribution in [0.25, 0.3) is 11.0 Å². The Labute approximate surface area is 127 Å². The molecule has 0 atom stereocenters. The Balaban J connectivity index is 1.73. The topological polar surface area (TPSA) is 57.8 Å². The van der Waals surface area contributed by atoms with E-state index in [0.29, 0.717) is 11.3 Å². The average Bonchev–Trinajstić information content (AvgIpc) is 2.89. The van der Waals surface area contributed by atoms with Crippen LogP contribution in [0, 0.1) is 5.82 Å². The molecule has 3 aromatic rings. The number of aromatic amines is 1. The summed E-state index contributed by atoms with van der Waals surface area (Å²) in [4.78, 5) is 19.7. The van der Waals surface area contributed by atoms with Crippen molar-refractivity contribution in [2.24, 2.45) is 0 Å². The number of carbonyl (C=O) groups is 1. The van der Waals surface area contributed by atoms with E-state index in [-0.39, 0.29) is 18.1 Å². The van der Waals surface area contributed by atoms with E-state index in [1.54, 1.807) is 12.1 Å². The maximum Gasteiger partial charge on any atom is 0.228 e. The van der Waals surface area contributed by atoms with Gasteiger partial charge in [-0.25, -0.2) is 9.37 Å². The molecule has 0 aliphatic rings. The predicted molar refractivity (Wildman–Crippen MR) is 84.2 cm³/mol. The number of hydrogen-bond acceptors (Lipinski definition) is 2. The molecule has 4 nitrogen and oxygen atoms in total. The Morgan fingerprint density at radius 3 is 2.91 bits per heavy atom. The van der Waals surface area contributed by atoms with Crippen molar-refractivity contribution in [2.45, 2.75) is 19.8 Å². The lowest BCUT2D eigenvalue weighted by Crippen LogP contribution is -2.14. The van der Waals surface area contributed by atoms with E-state index in [0.717, 1.165) is 23.3 Å². The van der Waals surface area contributed by atoms with Crippen LogP contribution in [0.1, 0.15) is 18.3 Å². The van der Waals surface area contributed by atoms with E-state index in [1.165, 1.54) is 12.1 Å². The van der Waals surface area contributed by atoms with E-state index >= 15 is 0 Å². The van der Waals surface area contributed by atoms with Gasteiger partial charge in [0.2, 0.25) is 5.91 Å². The van der Waals surface area contributed by atoms with Crippen LogP contribution in [0.2, 0.25) is 0 Å². The highest BCUT2D eigenvalue weighted by Crippen LogP contribution is 2.18. The number of fused-ring (bicyclic) bond motifs is 1. The lowest BCUT2D eigenvalue weighted by atomic mass is 10.1. The largest absolute Gasteiger partial charge is 0.342 e. The molecule has 3 rings (SSSR count). The number of imidazole rings is 1. The van der Waals surface area contributed by atoms with Gasteiger partial charge < -0.3 is 10.3 Å². The molecule has 5 heteroatoms. The zero-order valence-electron chi connectivity index (χ0n) is 12.2. The molecular weight excluding hydrogens is 281 g/mol. The Hall–Kier alpha value is -2.69. The van der Waals surface area contributed by atoms with Crippen molar-refractivity contribution >= 4 is 22.6 Å². The van der Waals surface area contributed by atoms with Crippen LogP contribution >= 0.6 is 0 Å². The third-order valence-electron chi connectivity index (χ3n) is 3.40. The zero-order valence-corrected chi connectivity index (χ0v) is 12.2. The summed E-state index contributed by atoms with van der Waals surface area (Å²) in [5.74, 6) is 0.398. The molecule has 0 spiro atoms. The van der Waals surface area contributed by atoms with Crippen LogP contribution in [0.15, 0.2) is 42.5 Å². The summed E-state index contributed by atoms with van der Waals surface area (Å²) in [5, 5.41) is 2.82. The maximum absolute atomic E-state index is 13.1. The highest BCUT2D eigenvalue weighted by molar-refractivity contribution is 5.94. The first-order chi connectivity index (χ1) is 10.6. The van der Waals surface area contributed by atoms with Crippen molar-refractivity contribution in [1.29, 1.82) is 0 Å². The summed E-state index contributed by atoms with van der Waals surface area (Å²) in [6.45, 7) is 2.03. The summed E-state index contributed by atoms with van der Waals surface area (Å²) in [6.07, 6.45) is 0.967. The van der Waals surface area contributed by atoms with Crippen LogP contribution < -0.4 is 5.32 Å². The molecule has 0 saturated heterocycles. The summed E-state index contributed by atoms with van der Waals surface area (Å²) >= 11 is 0. The molecule has 1 aromatic heterocycles. The van der Waals surface area contributed by atoms with E-state index in [9.17, 15) is 9.18 Å². The molecule has 0 fully saturated rings. The number of nitrogens with zero attached hydrogens (tertiary/aromatic N) is 1. The monoisotopic (exact) mass is 297 g/mol. The summed E-state index contributed by atoms with van der Waals surface area (Å²) in [6, 6.07) is 11.6. The fourth-order valence-corrected chi connectivity index (χ4v) is 2.35. The van der Waals surface area contributed by atoms with Gasteiger partial charge in [-0.3, -0.25) is 4.79 Å². The molecule has 2 N–H and O–H groups in total. The van der Waals surface area contributed by atoms with Crippen LogP contribution in [0.4, 0.5) is 10.1 Å². The fourth-order valence-electron chi connectivity index (χ4n) is 2.35. The van der Waals surface area contributed by atoms with Crippen molar-refractivity contribution < 1.29 is 9.18 Å². The number of benzene rings is 2. The van der Waals surface area contributed by atoms with Gasteiger partial charge in [0, 0.05) is 12.1 Å². The SMILES string of the molecule is CCc1nc2ccc(NC(=O)Cc3cccc(F)c3)cc2[nH]1. The second-order valence-corrected chi connectivity index (χ2v) is 5.12. The minimum absolute atomic E-state index is 0.138. The van der Waals surface area contributed by atoms with Crippen LogP contribution in [0.5, 0.6) is 0 Å². The van der Waals surface area contributed by atoms with Crippen molar-refractivity contribution in [3.63, 3.8) is 0 Å². The van der Waals surface area contributed by atoms with E-state index < -0.39 is 0 Å². The Kier molecular flexibility index (Phi) is 3.87. The number of amides is 1. The molecule has 0 saturated carbocycles. The zero-order chi connectivity index (χ0) is 15.5. The van der Waals surface area contributed by atoms with Crippen molar-refractivity contribution in [3.05, 3.63) is 59.7 Å². The van der Waals surface area contributed by atoms with E-state index in [1.807, 2.05) is 25.1 Å². The van der Waals surface area contributed by atoms with Crippen LogP contribution in [0.3, 0.4) is 0 Å². The molecule has 0 aliphatic carbocycles. The van der Waals surface area contributed by atoms with Gasteiger partial charge >= 0.3 is 0 Å². The predicted octanol–water partition coefficient (Wildman–Crippen LogP) is 3.45. The second kappa shape index (κ2) is 5.97. The van der Waals surface area contributed by atoms with Gasteiger partial charge in [-0.05, 0) is 35.9 Å². The van der Waals surface area contributed by atoms with Gasteiger partial charge in [0.25, 0.3) is 0 Å². The highest BCUT2D eigenvalue weighted by Gasteiger charge is 2.07. The first-order valence-corrected chi connectivity index (χ1v) is 7.17. The molecule has 0 radical (unpaired) electrons. The lowest BCUT2D eigenvalue weighted by molar-refractivity contribution is -0.115. The maximum atomic E-state index is 13.1. The number of aryl methyl sites for hydroxylation is 1. The Morgan fingerprint density at radius 2 is 2.14 bits per heavy atom. The van der Waals surface area contributed by atoms with Gasteiger partial charge in [-0.1, -0.05) is 19.1 Å². The third-order valence-corrected chi connectivity index (χ3v) is 3.40. The first kappa shape index (κ1) is 14.3. The number of nitrogens with one attached hydrogen (secondary N) is 2. The molecule has 0 unspecified atom stereocenters. The number of hydrogen-bond donors (Lipinski definition) is 2. The quantitative estimate of drug-likeness (QED) is 0.775. The molecule has 22 heavy (non-hydrogen) atoms. The fraction of sp³-hybridized carbons (Fsp3) is 0.176. The number of H-pyrrole nitrogens is 1. The summed E-state index contributed by atoms with van der Waals surface area (Å²) in [7, 11) is 0. The van der Waals surface area contributed by atoms with Gasteiger partial charge in [-0.15, -0.1) is 0 Å². The van der Waals surface area contributed by atoms with Crippen LogP contribution in [-0.4, -0.2) is 15.9 Å². The lowest BCUT2D eigenvalue weighted by Gasteiger charge is -2.05. The number of halogens is 1. The molecule has 2 aromatic carbocycles. The Bertz CT molecular complexity index is 826. The number of anilines is 1. The van der Waals surface area contributed by atoms with Gasteiger partial charge in [0.1, 0.15) is 11.6 Å². The summed E-state index contributed by atoms with van der Waals surface area (Å²) in [5.41, 5.74) is 3.11. The van der Waals surface area contributed by atoms with E-state index in [4.69, 9.17) is 0 Å². The smallest absolute Gasteiger partial charge is 0.228 e. The standard InChI is InChI=1S/C17H16FN3O/c1-2-16-20-14-7-6-13(10-15(14)21-16)19-17(22)9-11-4-3-5-12(18)8-11/h3-8,10H,2,9H2,1H3,(H,19,22)(H,20,21). The highest BCUT2D eigenvalue weighted by atomic mass is 19.1. The minimum Gasteiger partial charge on any atom is -0.342 e. The molecule has 0 bridgehead atoms. The number of aromatic nitrogens is 2. The van der Waals surface area contributed by atoms with Crippen LogP contribution in [-0.2, 0) is 17.6 Å². The van der Waals surface area contributed by atoms with Gasteiger partial charge in [0.05, 0.1) is 17.5 Å². The third kappa shape index (κ3) is 3.14. The first-order valence-electron chi connectivity index (χ1n) is 7.17. The number of carbonyl (C=O) groups excluding carboxylic acids is 1. The van der Waals surface area contributed by atoms with Crippen molar-refractivity contribution in [3.8, 4) is 0 Å². The minimum atomic E-state index is -0.337. The molecule has 1 heterocycles. The molecule has 112 valence electrons. The second-order valence-electron chi connectivity index (χ2n) is 5.12. The average molecular weight is 297 g/mol. The normalized spacial score (nSPS) is 10.8. The molecule has 0 aliphatic heterocycles. The Morgan fingerprint density at radius 1 is 1.27 bits per heavy atom. The van der Waals surface area contributed by atoms with E-state index in [2.05, 4.69) is 15.3 Å². The number of rotatable bonds is 4. The summed E-state index contributed by atoms with van der Waals surface area (Å²) < 4.78 is 13.1. The molecular formula is C17H16FN3O.